The molecule has 0 aliphatic carbocycles. The number of nitrogens with zero attached hydrogens (tertiary/aromatic N) is 1. The molecular formula is C15H23BrN2. The van der Waals surface area contributed by atoms with Crippen LogP contribution in [-0.2, 0) is 0 Å². The molecule has 0 amide bonds. The van der Waals surface area contributed by atoms with E-state index in [0.717, 1.165) is 6.54 Å². The van der Waals surface area contributed by atoms with Gasteiger partial charge in [-0.25, -0.2) is 0 Å². The van der Waals surface area contributed by atoms with Crippen LogP contribution in [0.2, 0.25) is 0 Å². The molecule has 1 saturated heterocycles. The van der Waals surface area contributed by atoms with Crippen molar-refractivity contribution in [1.82, 2.24) is 10.2 Å². The van der Waals surface area contributed by atoms with Crippen molar-refractivity contribution in [2.75, 3.05) is 19.6 Å². The van der Waals surface area contributed by atoms with Gasteiger partial charge >= 0.3 is 0 Å². The third-order valence-electron chi connectivity index (χ3n) is 3.82. The van der Waals surface area contributed by atoms with Crippen LogP contribution in [0.5, 0.6) is 0 Å². The van der Waals surface area contributed by atoms with Crippen molar-refractivity contribution in [2.45, 2.75) is 38.8 Å². The van der Waals surface area contributed by atoms with Gasteiger partial charge in [-0.3, -0.25) is 4.90 Å². The van der Waals surface area contributed by atoms with Crippen LogP contribution in [0, 0.1) is 0 Å². The molecule has 0 radical (unpaired) electrons. The molecule has 2 rings (SSSR count). The van der Waals surface area contributed by atoms with Gasteiger partial charge in [0, 0.05) is 23.1 Å². The van der Waals surface area contributed by atoms with Gasteiger partial charge in [0.2, 0.25) is 0 Å². The van der Waals surface area contributed by atoms with E-state index in [4.69, 9.17) is 0 Å². The summed E-state index contributed by atoms with van der Waals surface area (Å²) in [5, 5.41) is 3.58. The molecule has 2 atom stereocenters. The molecule has 1 aliphatic heterocycles. The summed E-state index contributed by atoms with van der Waals surface area (Å²) in [5.74, 6) is 0. The average molecular weight is 311 g/mol. The summed E-state index contributed by atoms with van der Waals surface area (Å²) in [7, 11) is 0. The number of rotatable bonds is 4. The number of likely N-dealkylation sites (N-methyl/N-ethyl adjacent to an activating group) is 1. The lowest BCUT2D eigenvalue weighted by Crippen LogP contribution is -2.46. The summed E-state index contributed by atoms with van der Waals surface area (Å²) in [6, 6.07) is 9.85. The molecule has 0 spiro atoms. The fourth-order valence-corrected chi connectivity index (χ4v) is 3.21. The molecule has 1 fully saturated rings. The number of likely N-dealkylation sites (tertiary alicyclic amines) is 1. The number of nitrogens with one attached hydrogen (secondary N) is 1. The molecule has 1 aromatic carbocycles. The van der Waals surface area contributed by atoms with Crippen molar-refractivity contribution < 1.29 is 0 Å². The second kappa shape index (κ2) is 6.69. The first-order chi connectivity index (χ1) is 8.70. The Morgan fingerprint density at radius 2 is 2.33 bits per heavy atom. The second-order valence-electron chi connectivity index (χ2n) is 5.12. The Hall–Kier alpha value is -0.380. The minimum Gasteiger partial charge on any atom is -0.313 e. The van der Waals surface area contributed by atoms with Crippen LogP contribution in [0.25, 0.3) is 0 Å². The van der Waals surface area contributed by atoms with Gasteiger partial charge in [-0.1, -0.05) is 35.0 Å². The van der Waals surface area contributed by atoms with E-state index < -0.39 is 0 Å². The van der Waals surface area contributed by atoms with E-state index in [2.05, 4.69) is 64.3 Å². The summed E-state index contributed by atoms with van der Waals surface area (Å²) in [4.78, 5) is 2.60. The maximum atomic E-state index is 3.58. The van der Waals surface area contributed by atoms with Crippen molar-refractivity contribution in [3.63, 3.8) is 0 Å². The Balaban J connectivity index is 2.02. The predicted octanol–water partition coefficient (Wildman–Crippen LogP) is 3.58. The Labute approximate surface area is 119 Å². The van der Waals surface area contributed by atoms with Gasteiger partial charge in [0.05, 0.1) is 0 Å². The average Bonchev–Trinajstić information content (AvgIpc) is 2.39. The van der Waals surface area contributed by atoms with Crippen LogP contribution in [0.15, 0.2) is 28.7 Å². The largest absolute Gasteiger partial charge is 0.313 e. The van der Waals surface area contributed by atoms with Gasteiger partial charge in [0.25, 0.3) is 0 Å². The zero-order chi connectivity index (χ0) is 13.0. The van der Waals surface area contributed by atoms with Gasteiger partial charge in [0.15, 0.2) is 0 Å². The van der Waals surface area contributed by atoms with Crippen molar-refractivity contribution in [2.24, 2.45) is 0 Å². The molecule has 1 aliphatic rings. The smallest absolute Gasteiger partial charge is 0.0320 e. The van der Waals surface area contributed by atoms with E-state index in [-0.39, 0.29) is 0 Å². The predicted molar refractivity (Wildman–Crippen MR) is 80.8 cm³/mol. The summed E-state index contributed by atoms with van der Waals surface area (Å²) < 4.78 is 1.17. The van der Waals surface area contributed by atoms with Crippen LogP contribution in [0.3, 0.4) is 0 Å². The maximum absolute atomic E-state index is 3.58. The van der Waals surface area contributed by atoms with E-state index in [1.807, 2.05) is 0 Å². The summed E-state index contributed by atoms with van der Waals surface area (Å²) in [6.07, 6.45) is 2.62. The first-order valence-corrected chi connectivity index (χ1v) is 7.73. The Morgan fingerprint density at radius 3 is 3.06 bits per heavy atom. The van der Waals surface area contributed by atoms with Crippen LogP contribution in [-0.4, -0.2) is 30.6 Å². The molecule has 1 aromatic rings. The normalized spacial score (nSPS) is 22.9. The first kappa shape index (κ1) is 14.0. The third-order valence-corrected chi connectivity index (χ3v) is 4.32. The zero-order valence-corrected chi connectivity index (χ0v) is 12.9. The first-order valence-electron chi connectivity index (χ1n) is 6.93. The molecule has 1 heterocycles. The molecular weight excluding hydrogens is 288 g/mol. The summed E-state index contributed by atoms with van der Waals surface area (Å²) in [5.41, 5.74) is 1.40. The lowest BCUT2D eigenvalue weighted by atomic mass is 10.0. The molecule has 18 heavy (non-hydrogen) atoms. The fourth-order valence-electron chi connectivity index (χ4n) is 2.79. The van der Waals surface area contributed by atoms with E-state index in [0.29, 0.717) is 12.1 Å². The molecule has 100 valence electrons. The molecule has 1 N–H and O–H groups in total. The van der Waals surface area contributed by atoms with Crippen molar-refractivity contribution in [3.8, 4) is 0 Å². The fraction of sp³-hybridized carbons (Fsp3) is 0.600. The molecule has 2 unspecified atom stereocenters. The second-order valence-corrected chi connectivity index (χ2v) is 6.04. The van der Waals surface area contributed by atoms with Crippen LogP contribution in [0.4, 0.5) is 0 Å². The molecule has 0 aromatic heterocycles. The number of benzene rings is 1. The van der Waals surface area contributed by atoms with Crippen LogP contribution >= 0.6 is 15.9 Å². The molecule has 0 saturated carbocycles. The van der Waals surface area contributed by atoms with E-state index in [9.17, 15) is 0 Å². The lowest BCUT2D eigenvalue weighted by molar-refractivity contribution is 0.147. The van der Waals surface area contributed by atoms with Crippen LogP contribution < -0.4 is 5.32 Å². The number of hydrogen-bond donors (Lipinski definition) is 1. The minimum atomic E-state index is 0.504. The van der Waals surface area contributed by atoms with E-state index in [1.54, 1.807) is 0 Å². The highest BCUT2D eigenvalue weighted by Crippen LogP contribution is 2.26. The van der Waals surface area contributed by atoms with Gasteiger partial charge in [-0.2, -0.15) is 0 Å². The maximum Gasteiger partial charge on any atom is 0.0320 e. The van der Waals surface area contributed by atoms with Crippen LogP contribution in [0.1, 0.15) is 38.3 Å². The third kappa shape index (κ3) is 3.56. The molecule has 2 nitrogen and oxygen atoms in total. The van der Waals surface area contributed by atoms with Gasteiger partial charge in [-0.05, 0) is 50.6 Å². The Kier molecular flexibility index (Phi) is 5.22. The quantitative estimate of drug-likeness (QED) is 0.914. The standard InChI is InChI=1S/C15H23BrN2/c1-3-17-15-8-5-9-18(11-15)12(2)13-6-4-7-14(16)10-13/h4,6-7,10,12,15,17H,3,5,8-9,11H2,1-2H3. The number of hydrogen-bond acceptors (Lipinski definition) is 2. The Morgan fingerprint density at radius 1 is 1.50 bits per heavy atom. The molecule has 0 bridgehead atoms. The zero-order valence-electron chi connectivity index (χ0n) is 11.3. The van der Waals surface area contributed by atoms with Gasteiger partial charge in [0.1, 0.15) is 0 Å². The minimum absolute atomic E-state index is 0.504. The van der Waals surface area contributed by atoms with Crippen molar-refractivity contribution in [3.05, 3.63) is 34.3 Å². The highest BCUT2D eigenvalue weighted by atomic mass is 79.9. The van der Waals surface area contributed by atoms with Crippen molar-refractivity contribution >= 4 is 15.9 Å². The SMILES string of the molecule is CCNC1CCCN(C(C)c2cccc(Br)c2)C1. The summed E-state index contributed by atoms with van der Waals surface area (Å²) in [6.45, 7) is 7.97. The monoisotopic (exact) mass is 310 g/mol. The van der Waals surface area contributed by atoms with E-state index >= 15 is 0 Å². The van der Waals surface area contributed by atoms with E-state index in [1.165, 1.54) is 36.0 Å². The number of piperidine rings is 1. The highest BCUT2D eigenvalue weighted by Gasteiger charge is 2.23. The van der Waals surface area contributed by atoms with Crippen molar-refractivity contribution in [1.29, 1.82) is 0 Å². The van der Waals surface area contributed by atoms with Gasteiger partial charge in [-0.15, -0.1) is 0 Å². The van der Waals surface area contributed by atoms with Gasteiger partial charge < -0.3 is 5.32 Å². The lowest BCUT2D eigenvalue weighted by Gasteiger charge is -2.37. The highest BCUT2D eigenvalue weighted by molar-refractivity contribution is 9.10. The molecule has 3 heteroatoms. The Bertz CT molecular complexity index is 379. The summed E-state index contributed by atoms with van der Waals surface area (Å²) >= 11 is 3.56. The number of halogens is 1. The topological polar surface area (TPSA) is 15.3 Å².